The summed E-state index contributed by atoms with van der Waals surface area (Å²) in [4.78, 5) is 19.0. The van der Waals surface area contributed by atoms with E-state index >= 15 is 0 Å². The fraction of sp³-hybridized carbons (Fsp3) is 0.300. The highest BCUT2D eigenvalue weighted by atomic mass is 16.4. The molecule has 4 rings (SSSR count). The molecular weight excluding hydrogens is 448 g/mol. The molecule has 0 fully saturated rings. The van der Waals surface area contributed by atoms with E-state index in [1.807, 2.05) is 69.5 Å². The summed E-state index contributed by atoms with van der Waals surface area (Å²) in [6, 6.07) is 24.0. The van der Waals surface area contributed by atoms with Crippen LogP contribution in [0.2, 0.25) is 0 Å². The second kappa shape index (κ2) is 10.9. The fourth-order valence-electron chi connectivity index (χ4n) is 5.06. The molecule has 0 radical (unpaired) electrons. The molecule has 6 heteroatoms. The van der Waals surface area contributed by atoms with Crippen molar-refractivity contribution < 1.29 is 9.90 Å². The standard InChI is InChI=1S/C30H36N4O2/c1-32(2)25-16-7-13-23-21(25)11-9-18-27(23)34(29(30(35)36)15-5-6-20-31)28-19-10-12-22-24(28)14-8-17-26(22)33(3)4/h7-14,16-19,29H,5-6,15,20,31H2,1-4H3,(H,35,36)/t29-/m0/s1. The predicted molar refractivity (Wildman–Crippen MR) is 153 cm³/mol. The fourth-order valence-corrected chi connectivity index (χ4v) is 5.06. The molecule has 36 heavy (non-hydrogen) atoms. The number of unbranched alkanes of at least 4 members (excludes halogenated alkanes) is 1. The lowest BCUT2D eigenvalue weighted by atomic mass is 9.99. The number of nitrogens with two attached hydrogens (primary N) is 1. The summed E-state index contributed by atoms with van der Waals surface area (Å²) in [5, 5.41) is 14.7. The summed E-state index contributed by atoms with van der Waals surface area (Å²) in [5.74, 6) is -0.839. The summed E-state index contributed by atoms with van der Waals surface area (Å²) < 4.78 is 0. The van der Waals surface area contributed by atoms with Gasteiger partial charge in [-0.25, -0.2) is 4.79 Å². The van der Waals surface area contributed by atoms with Crippen molar-refractivity contribution in [2.24, 2.45) is 5.73 Å². The average molecular weight is 485 g/mol. The van der Waals surface area contributed by atoms with Crippen molar-refractivity contribution in [2.75, 3.05) is 49.4 Å². The minimum atomic E-state index is -0.839. The monoisotopic (exact) mass is 484 g/mol. The zero-order valence-corrected chi connectivity index (χ0v) is 21.6. The van der Waals surface area contributed by atoms with Crippen molar-refractivity contribution in [3.05, 3.63) is 72.8 Å². The van der Waals surface area contributed by atoms with Gasteiger partial charge >= 0.3 is 5.97 Å². The lowest BCUT2D eigenvalue weighted by Crippen LogP contribution is -2.38. The van der Waals surface area contributed by atoms with E-state index in [1.165, 1.54) is 0 Å². The van der Waals surface area contributed by atoms with Crippen LogP contribution in [0.15, 0.2) is 72.8 Å². The second-order valence-corrected chi connectivity index (χ2v) is 9.60. The maximum Gasteiger partial charge on any atom is 0.326 e. The number of carboxylic acids is 1. The topological polar surface area (TPSA) is 73.0 Å². The van der Waals surface area contributed by atoms with Crippen LogP contribution < -0.4 is 20.4 Å². The molecule has 188 valence electrons. The van der Waals surface area contributed by atoms with Crippen LogP contribution >= 0.6 is 0 Å². The van der Waals surface area contributed by atoms with E-state index in [1.54, 1.807) is 0 Å². The molecule has 4 aromatic carbocycles. The highest BCUT2D eigenvalue weighted by Crippen LogP contribution is 2.42. The molecule has 0 aromatic heterocycles. The van der Waals surface area contributed by atoms with Crippen molar-refractivity contribution in [3.8, 4) is 0 Å². The maximum atomic E-state index is 12.8. The van der Waals surface area contributed by atoms with Crippen LogP contribution in [-0.2, 0) is 4.79 Å². The summed E-state index contributed by atoms with van der Waals surface area (Å²) in [6.07, 6.45) is 2.03. The largest absolute Gasteiger partial charge is 0.480 e. The Hall–Kier alpha value is -3.77. The van der Waals surface area contributed by atoms with E-state index in [0.717, 1.165) is 57.1 Å². The van der Waals surface area contributed by atoms with Crippen molar-refractivity contribution in [3.63, 3.8) is 0 Å². The molecule has 0 bridgehead atoms. The van der Waals surface area contributed by atoms with E-state index in [4.69, 9.17) is 5.73 Å². The molecule has 6 nitrogen and oxygen atoms in total. The molecule has 0 aliphatic carbocycles. The molecule has 0 heterocycles. The Balaban J connectivity index is 2.03. The molecule has 0 unspecified atom stereocenters. The Morgan fingerprint density at radius 1 is 0.694 bits per heavy atom. The first-order valence-electron chi connectivity index (χ1n) is 12.5. The zero-order valence-electron chi connectivity index (χ0n) is 21.6. The zero-order chi connectivity index (χ0) is 25.8. The van der Waals surface area contributed by atoms with Gasteiger partial charge in [0.05, 0.1) is 0 Å². The molecule has 0 spiro atoms. The molecule has 0 amide bonds. The third-order valence-electron chi connectivity index (χ3n) is 6.76. The highest BCUT2D eigenvalue weighted by Gasteiger charge is 2.29. The number of carboxylic acid groups (broad SMARTS) is 1. The van der Waals surface area contributed by atoms with Gasteiger partial charge in [-0.1, -0.05) is 48.5 Å². The number of hydrogen-bond acceptors (Lipinski definition) is 5. The minimum absolute atomic E-state index is 0.500. The van der Waals surface area contributed by atoms with Crippen LogP contribution in [0.5, 0.6) is 0 Å². The number of hydrogen-bond donors (Lipinski definition) is 2. The van der Waals surface area contributed by atoms with Crippen LogP contribution in [0.4, 0.5) is 22.7 Å². The third-order valence-corrected chi connectivity index (χ3v) is 6.76. The van der Waals surface area contributed by atoms with Crippen LogP contribution in [0.3, 0.4) is 0 Å². The van der Waals surface area contributed by atoms with E-state index in [9.17, 15) is 9.90 Å². The van der Waals surface area contributed by atoms with Gasteiger partial charge < -0.3 is 25.5 Å². The highest BCUT2D eigenvalue weighted by molar-refractivity contribution is 6.08. The molecule has 0 saturated carbocycles. The smallest absolute Gasteiger partial charge is 0.326 e. The lowest BCUT2D eigenvalue weighted by Gasteiger charge is -2.34. The molecule has 3 N–H and O–H groups in total. The van der Waals surface area contributed by atoms with E-state index in [2.05, 4.69) is 46.2 Å². The van der Waals surface area contributed by atoms with Crippen molar-refractivity contribution >= 4 is 50.3 Å². The first-order chi connectivity index (χ1) is 17.3. The van der Waals surface area contributed by atoms with Crippen molar-refractivity contribution in [1.82, 2.24) is 0 Å². The van der Waals surface area contributed by atoms with Crippen LogP contribution in [-0.4, -0.2) is 51.9 Å². The van der Waals surface area contributed by atoms with E-state index in [0.29, 0.717) is 13.0 Å². The lowest BCUT2D eigenvalue weighted by molar-refractivity contribution is -0.138. The molecule has 0 saturated heterocycles. The molecule has 0 aliphatic rings. The Kier molecular flexibility index (Phi) is 7.65. The second-order valence-electron chi connectivity index (χ2n) is 9.60. The van der Waals surface area contributed by atoms with Crippen LogP contribution in [0.1, 0.15) is 19.3 Å². The van der Waals surface area contributed by atoms with E-state index < -0.39 is 12.0 Å². The number of anilines is 4. The first kappa shape index (κ1) is 25.3. The van der Waals surface area contributed by atoms with Gasteiger partial charge in [0.25, 0.3) is 0 Å². The Bertz CT molecular complexity index is 1270. The van der Waals surface area contributed by atoms with Gasteiger partial charge in [0.15, 0.2) is 0 Å². The number of benzene rings is 4. The summed E-state index contributed by atoms with van der Waals surface area (Å²) in [5.41, 5.74) is 9.72. The van der Waals surface area contributed by atoms with Gasteiger partial charge in [-0.2, -0.15) is 0 Å². The Morgan fingerprint density at radius 3 is 1.44 bits per heavy atom. The number of nitrogens with zero attached hydrogens (tertiary/aromatic N) is 3. The van der Waals surface area contributed by atoms with Gasteiger partial charge in [0, 0.05) is 72.5 Å². The minimum Gasteiger partial charge on any atom is -0.480 e. The molecular formula is C30H36N4O2. The van der Waals surface area contributed by atoms with Gasteiger partial charge in [0.2, 0.25) is 0 Å². The van der Waals surface area contributed by atoms with E-state index in [-0.39, 0.29) is 0 Å². The molecule has 4 aromatic rings. The predicted octanol–water partition coefficient (Wildman–Crippen LogP) is 5.85. The van der Waals surface area contributed by atoms with Crippen molar-refractivity contribution in [1.29, 1.82) is 0 Å². The molecule has 0 aliphatic heterocycles. The number of aliphatic carboxylic acids is 1. The van der Waals surface area contributed by atoms with Crippen molar-refractivity contribution in [2.45, 2.75) is 25.3 Å². The maximum absolute atomic E-state index is 12.8. The number of fused-ring (bicyclic) bond motifs is 2. The van der Waals surface area contributed by atoms with Gasteiger partial charge in [-0.15, -0.1) is 0 Å². The van der Waals surface area contributed by atoms with Gasteiger partial charge in [0.1, 0.15) is 6.04 Å². The third kappa shape index (κ3) is 4.82. The SMILES string of the molecule is CN(C)c1cccc2c(N(c3cccc4c(N(C)C)cccc34)[C@@H](CCCCN)C(=O)O)cccc12. The number of rotatable bonds is 10. The summed E-state index contributed by atoms with van der Waals surface area (Å²) in [7, 11) is 8.11. The summed E-state index contributed by atoms with van der Waals surface area (Å²) in [6.45, 7) is 0.549. The van der Waals surface area contributed by atoms with Crippen LogP contribution in [0, 0.1) is 0 Å². The quantitative estimate of drug-likeness (QED) is 0.275. The molecule has 1 atom stereocenters. The summed E-state index contributed by atoms with van der Waals surface area (Å²) >= 11 is 0. The van der Waals surface area contributed by atoms with Gasteiger partial charge in [-0.05, 0) is 50.1 Å². The number of carbonyl (C=O) groups is 1. The van der Waals surface area contributed by atoms with Crippen LogP contribution in [0.25, 0.3) is 21.5 Å². The normalized spacial score (nSPS) is 12.0. The van der Waals surface area contributed by atoms with Gasteiger partial charge in [-0.3, -0.25) is 0 Å². The Morgan fingerprint density at radius 2 is 1.08 bits per heavy atom. The first-order valence-corrected chi connectivity index (χ1v) is 12.5. The average Bonchev–Trinajstić information content (AvgIpc) is 2.87. The Labute approximate surface area is 213 Å².